The van der Waals surface area contributed by atoms with Gasteiger partial charge in [-0.3, -0.25) is 0 Å². The van der Waals surface area contributed by atoms with Crippen molar-refractivity contribution in [3.63, 3.8) is 0 Å². The van der Waals surface area contributed by atoms with E-state index in [0.29, 0.717) is 6.04 Å². The van der Waals surface area contributed by atoms with E-state index >= 15 is 0 Å². The number of nitrogens with one attached hydrogen (secondary N) is 1. The van der Waals surface area contributed by atoms with Gasteiger partial charge >= 0.3 is 0 Å². The molecule has 0 aliphatic rings. The van der Waals surface area contributed by atoms with E-state index < -0.39 is 0 Å². The van der Waals surface area contributed by atoms with Crippen LogP contribution in [0.3, 0.4) is 0 Å². The maximum atomic E-state index is 3.63. The van der Waals surface area contributed by atoms with Gasteiger partial charge in [0.15, 0.2) is 0 Å². The SMILES string of the molecule is CCc1ccsc1CNC(C)c1ccc(Br)cc1Br. The Labute approximate surface area is 135 Å². The van der Waals surface area contributed by atoms with Gasteiger partial charge in [0, 0.05) is 26.4 Å². The zero-order valence-corrected chi connectivity index (χ0v) is 15.0. The van der Waals surface area contributed by atoms with Gasteiger partial charge in [0.2, 0.25) is 0 Å². The van der Waals surface area contributed by atoms with Gasteiger partial charge in [-0.05, 0) is 48.1 Å². The molecule has 0 radical (unpaired) electrons. The van der Waals surface area contributed by atoms with E-state index in [-0.39, 0.29) is 0 Å². The Balaban J connectivity index is 2.03. The first-order chi connectivity index (χ1) is 9.11. The second-order valence-electron chi connectivity index (χ2n) is 4.49. The Bertz CT molecular complexity index is 551. The van der Waals surface area contributed by atoms with Crippen LogP contribution < -0.4 is 5.32 Å². The van der Waals surface area contributed by atoms with Crippen molar-refractivity contribution < 1.29 is 0 Å². The van der Waals surface area contributed by atoms with Gasteiger partial charge in [-0.25, -0.2) is 0 Å². The summed E-state index contributed by atoms with van der Waals surface area (Å²) >= 11 is 8.95. The molecule has 1 aromatic carbocycles. The van der Waals surface area contributed by atoms with Gasteiger partial charge in [0.05, 0.1) is 0 Å². The molecule has 0 saturated carbocycles. The summed E-state index contributed by atoms with van der Waals surface area (Å²) in [5.41, 5.74) is 2.75. The number of rotatable bonds is 5. The van der Waals surface area contributed by atoms with Crippen LogP contribution in [0.25, 0.3) is 0 Å². The molecule has 0 spiro atoms. The molecular formula is C15H17Br2NS. The van der Waals surface area contributed by atoms with E-state index in [2.05, 4.69) is 80.7 Å². The summed E-state index contributed by atoms with van der Waals surface area (Å²) in [7, 11) is 0. The van der Waals surface area contributed by atoms with E-state index in [1.54, 1.807) is 0 Å². The van der Waals surface area contributed by atoms with Gasteiger partial charge in [0.1, 0.15) is 0 Å². The smallest absolute Gasteiger partial charge is 0.0308 e. The van der Waals surface area contributed by atoms with Crippen molar-refractivity contribution in [2.45, 2.75) is 32.9 Å². The van der Waals surface area contributed by atoms with Crippen molar-refractivity contribution in [2.24, 2.45) is 0 Å². The first-order valence-electron chi connectivity index (χ1n) is 6.35. The maximum absolute atomic E-state index is 3.63. The molecule has 1 unspecified atom stereocenters. The zero-order valence-electron chi connectivity index (χ0n) is 11.0. The van der Waals surface area contributed by atoms with Crippen molar-refractivity contribution in [2.75, 3.05) is 0 Å². The largest absolute Gasteiger partial charge is 0.305 e. The predicted octanol–water partition coefficient (Wildman–Crippen LogP) is 5.69. The normalized spacial score (nSPS) is 12.6. The predicted molar refractivity (Wildman–Crippen MR) is 90.8 cm³/mol. The quantitative estimate of drug-likeness (QED) is 0.677. The van der Waals surface area contributed by atoms with Crippen LogP contribution in [0.15, 0.2) is 38.6 Å². The second kappa shape index (κ2) is 7.02. The molecule has 0 fully saturated rings. The number of halogens is 2. The highest BCUT2D eigenvalue weighted by Gasteiger charge is 2.10. The molecule has 2 aromatic rings. The molecule has 1 heterocycles. The fourth-order valence-corrected chi connectivity index (χ4v) is 4.36. The Morgan fingerprint density at radius 3 is 2.74 bits per heavy atom. The first kappa shape index (κ1) is 15.2. The lowest BCUT2D eigenvalue weighted by atomic mass is 10.1. The molecule has 0 aliphatic carbocycles. The molecule has 0 bridgehead atoms. The molecular weight excluding hydrogens is 386 g/mol. The van der Waals surface area contributed by atoms with Crippen LogP contribution in [0.5, 0.6) is 0 Å². The number of benzene rings is 1. The number of hydrogen-bond donors (Lipinski definition) is 1. The van der Waals surface area contributed by atoms with E-state index in [9.17, 15) is 0 Å². The van der Waals surface area contributed by atoms with Crippen molar-refractivity contribution in [1.29, 1.82) is 0 Å². The zero-order chi connectivity index (χ0) is 13.8. The molecule has 0 aliphatic heterocycles. The van der Waals surface area contributed by atoms with Crippen molar-refractivity contribution >= 4 is 43.2 Å². The Morgan fingerprint density at radius 2 is 2.05 bits per heavy atom. The molecule has 1 atom stereocenters. The van der Waals surface area contributed by atoms with Gasteiger partial charge in [-0.1, -0.05) is 44.8 Å². The highest BCUT2D eigenvalue weighted by molar-refractivity contribution is 9.11. The molecule has 102 valence electrons. The van der Waals surface area contributed by atoms with Crippen molar-refractivity contribution in [3.05, 3.63) is 54.6 Å². The van der Waals surface area contributed by atoms with Gasteiger partial charge in [0.25, 0.3) is 0 Å². The molecule has 19 heavy (non-hydrogen) atoms. The van der Waals surface area contributed by atoms with E-state index in [4.69, 9.17) is 0 Å². The standard InChI is InChI=1S/C15H17Br2NS/c1-3-11-6-7-19-15(11)9-18-10(2)13-5-4-12(16)8-14(13)17/h4-8,10,18H,3,9H2,1-2H3. The third-order valence-corrected chi connectivity index (χ3v) is 5.36. The Kier molecular flexibility index (Phi) is 5.63. The number of hydrogen-bond acceptors (Lipinski definition) is 2. The van der Waals surface area contributed by atoms with Crippen LogP contribution in [0, 0.1) is 0 Å². The molecule has 0 saturated heterocycles. The minimum Gasteiger partial charge on any atom is -0.305 e. The summed E-state index contributed by atoms with van der Waals surface area (Å²) in [5.74, 6) is 0. The lowest BCUT2D eigenvalue weighted by Crippen LogP contribution is -2.18. The minimum atomic E-state index is 0.328. The topological polar surface area (TPSA) is 12.0 Å². The van der Waals surface area contributed by atoms with Crippen molar-refractivity contribution in [1.82, 2.24) is 5.32 Å². The van der Waals surface area contributed by atoms with E-state index in [1.165, 1.54) is 16.0 Å². The lowest BCUT2D eigenvalue weighted by molar-refractivity contribution is 0.575. The first-order valence-corrected chi connectivity index (χ1v) is 8.82. The molecule has 1 nitrogen and oxygen atoms in total. The third kappa shape index (κ3) is 3.91. The van der Waals surface area contributed by atoms with Crippen molar-refractivity contribution in [3.8, 4) is 0 Å². The van der Waals surface area contributed by atoms with Crippen LogP contribution in [-0.4, -0.2) is 0 Å². The molecule has 0 amide bonds. The van der Waals surface area contributed by atoms with E-state index in [0.717, 1.165) is 21.9 Å². The fraction of sp³-hybridized carbons (Fsp3) is 0.333. The average Bonchev–Trinajstić information content (AvgIpc) is 2.83. The van der Waals surface area contributed by atoms with Gasteiger partial charge in [-0.2, -0.15) is 0 Å². The highest BCUT2D eigenvalue weighted by Crippen LogP contribution is 2.27. The third-order valence-electron chi connectivity index (χ3n) is 3.22. The Hall–Kier alpha value is -0.160. The molecule has 1 aromatic heterocycles. The van der Waals surface area contributed by atoms with Gasteiger partial charge in [-0.15, -0.1) is 11.3 Å². The van der Waals surface area contributed by atoms with Crippen LogP contribution in [0.2, 0.25) is 0 Å². The summed E-state index contributed by atoms with van der Waals surface area (Å²) in [6, 6.07) is 8.88. The van der Waals surface area contributed by atoms with Crippen LogP contribution in [0.1, 0.15) is 35.9 Å². The molecule has 4 heteroatoms. The van der Waals surface area contributed by atoms with Gasteiger partial charge < -0.3 is 5.32 Å². The lowest BCUT2D eigenvalue weighted by Gasteiger charge is -2.16. The highest BCUT2D eigenvalue weighted by atomic mass is 79.9. The fourth-order valence-electron chi connectivity index (χ4n) is 2.05. The summed E-state index contributed by atoms with van der Waals surface area (Å²) in [6.07, 6.45) is 1.11. The minimum absolute atomic E-state index is 0.328. The number of thiophene rings is 1. The molecule has 2 rings (SSSR count). The van der Waals surface area contributed by atoms with Crippen LogP contribution in [-0.2, 0) is 13.0 Å². The summed E-state index contributed by atoms with van der Waals surface area (Å²) in [5, 5.41) is 5.78. The summed E-state index contributed by atoms with van der Waals surface area (Å²) in [4.78, 5) is 1.45. The average molecular weight is 403 g/mol. The van der Waals surface area contributed by atoms with Crippen LogP contribution >= 0.6 is 43.2 Å². The summed E-state index contributed by atoms with van der Waals surface area (Å²) in [6.45, 7) is 5.35. The second-order valence-corrected chi connectivity index (χ2v) is 7.26. The Morgan fingerprint density at radius 1 is 1.26 bits per heavy atom. The summed E-state index contributed by atoms with van der Waals surface area (Å²) < 4.78 is 2.24. The van der Waals surface area contributed by atoms with E-state index in [1.807, 2.05) is 11.3 Å². The van der Waals surface area contributed by atoms with Crippen LogP contribution in [0.4, 0.5) is 0 Å². The monoisotopic (exact) mass is 401 g/mol. The maximum Gasteiger partial charge on any atom is 0.0308 e. The number of aryl methyl sites for hydroxylation is 1. The molecule has 1 N–H and O–H groups in total.